The number of fused-ring (bicyclic) bond motifs is 1. The minimum atomic E-state index is -3.94. The van der Waals surface area contributed by atoms with Gasteiger partial charge >= 0.3 is 6.03 Å². The van der Waals surface area contributed by atoms with Crippen LogP contribution in [-0.2, 0) is 22.9 Å². The molecule has 0 bridgehead atoms. The molecular formula is C23H29N3O5S. The van der Waals surface area contributed by atoms with Gasteiger partial charge in [-0.15, -0.1) is 0 Å². The largest absolute Gasteiger partial charge is 0.492 e. The summed E-state index contributed by atoms with van der Waals surface area (Å²) < 4.78 is 32.3. The molecule has 0 unspecified atom stereocenters. The van der Waals surface area contributed by atoms with E-state index in [4.69, 9.17) is 4.74 Å². The molecule has 0 spiro atoms. The van der Waals surface area contributed by atoms with Gasteiger partial charge in [0.2, 0.25) is 0 Å². The number of carbonyl (C=O) groups is 2. The van der Waals surface area contributed by atoms with Gasteiger partial charge in [0.15, 0.2) is 0 Å². The Morgan fingerprint density at radius 1 is 1.03 bits per heavy atom. The van der Waals surface area contributed by atoms with Crippen molar-refractivity contribution < 1.29 is 22.7 Å². The minimum absolute atomic E-state index is 0.00369. The summed E-state index contributed by atoms with van der Waals surface area (Å²) in [5.74, 6) is 0.471. The minimum Gasteiger partial charge on any atom is -0.492 e. The van der Waals surface area contributed by atoms with E-state index in [0.717, 1.165) is 36.8 Å². The van der Waals surface area contributed by atoms with E-state index in [1.165, 1.54) is 12.1 Å². The lowest BCUT2D eigenvalue weighted by Crippen LogP contribution is -2.39. The number of sulfonamides is 1. The number of nitrogens with one attached hydrogen (secondary N) is 3. The average molecular weight is 460 g/mol. The van der Waals surface area contributed by atoms with Crippen LogP contribution in [0.1, 0.15) is 47.7 Å². The van der Waals surface area contributed by atoms with Gasteiger partial charge in [0.1, 0.15) is 5.75 Å². The number of carbonyl (C=O) groups excluding carboxylic acids is 2. The first-order valence-electron chi connectivity index (χ1n) is 10.8. The van der Waals surface area contributed by atoms with Crippen molar-refractivity contribution in [3.63, 3.8) is 0 Å². The Morgan fingerprint density at radius 2 is 1.81 bits per heavy atom. The third-order valence-corrected chi connectivity index (χ3v) is 6.50. The fourth-order valence-corrected chi connectivity index (χ4v) is 4.34. The van der Waals surface area contributed by atoms with Crippen LogP contribution in [0.2, 0.25) is 0 Å². The van der Waals surface area contributed by atoms with E-state index < -0.39 is 16.1 Å². The molecule has 0 fully saturated rings. The Morgan fingerprint density at radius 3 is 2.56 bits per heavy atom. The Bertz CT molecular complexity index is 1050. The predicted molar refractivity (Wildman–Crippen MR) is 121 cm³/mol. The second kappa shape index (κ2) is 11.0. The standard InChI is InChI=1S/C23H29N3O5S/c1-2-3-14-25-23(28)26-32(29,30)19-11-9-17(10-12-19)13-15-24-22(27)20-8-4-6-18-7-5-16-31-21(18)20/h4,6,8-12H,2-3,5,7,13-16H2,1H3,(H,24,27)(H2,25,26,28). The van der Waals surface area contributed by atoms with E-state index in [0.29, 0.717) is 37.4 Å². The van der Waals surface area contributed by atoms with Crippen LogP contribution in [0.3, 0.4) is 0 Å². The average Bonchev–Trinajstić information content (AvgIpc) is 2.79. The molecule has 2 aromatic rings. The van der Waals surface area contributed by atoms with E-state index in [1.807, 2.05) is 23.8 Å². The second-order valence-electron chi connectivity index (χ2n) is 7.61. The third-order valence-electron chi connectivity index (χ3n) is 5.15. The van der Waals surface area contributed by atoms with Crippen molar-refractivity contribution in [1.82, 2.24) is 15.4 Å². The molecule has 3 amide bonds. The molecule has 0 atom stereocenters. The maximum Gasteiger partial charge on any atom is 0.328 e. The van der Waals surface area contributed by atoms with E-state index in [2.05, 4.69) is 10.6 Å². The van der Waals surface area contributed by atoms with E-state index in [1.54, 1.807) is 18.2 Å². The van der Waals surface area contributed by atoms with Gasteiger partial charge in [-0.1, -0.05) is 37.6 Å². The van der Waals surface area contributed by atoms with Crippen molar-refractivity contribution >= 4 is 22.0 Å². The zero-order chi connectivity index (χ0) is 23.0. The van der Waals surface area contributed by atoms with E-state index in [-0.39, 0.29) is 10.8 Å². The molecule has 9 heteroatoms. The molecule has 0 saturated carbocycles. The predicted octanol–water partition coefficient (Wildman–Crippen LogP) is 2.77. The van der Waals surface area contributed by atoms with E-state index >= 15 is 0 Å². The van der Waals surface area contributed by atoms with Crippen molar-refractivity contribution in [1.29, 1.82) is 0 Å². The highest BCUT2D eigenvalue weighted by Crippen LogP contribution is 2.28. The highest BCUT2D eigenvalue weighted by Gasteiger charge is 2.19. The quantitative estimate of drug-likeness (QED) is 0.499. The first-order chi connectivity index (χ1) is 15.4. The number of aryl methyl sites for hydroxylation is 1. The zero-order valence-corrected chi connectivity index (χ0v) is 19.0. The number of hydrogen-bond acceptors (Lipinski definition) is 5. The molecule has 3 N–H and O–H groups in total. The summed E-state index contributed by atoms with van der Waals surface area (Å²) in [5, 5.41) is 5.40. The molecule has 1 aliphatic rings. The molecule has 1 aliphatic heterocycles. The Balaban J connectivity index is 1.52. The monoisotopic (exact) mass is 459 g/mol. The number of amides is 3. The van der Waals surface area contributed by atoms with Crippen molar-refractivity contribution in [3.8, 4) is 5.75 Å². The van der Waals surface area contributed by atoms with Crippen molar-refractivity contribution in [3.05, 3.63) is 59.2 Å². The molecule has 0 aromatic heterocycles. The molecule has 1 heterocycles. The van der Waals surface area contributed by atoms with Crippen LogP contribution in [0.25, 0.3) is 0 Å². The molecule has 3 rings (SSSR count). The van der Waals surface area contributed by atoms with Crippen LogP contribution in [0.15, 0.2) is 47.4 Å². The molecular weight excluding hydrogens is 430 g/mol. The van der Waals surface area contributed by atoms with Gasteiger partial charge in [-0.05, 0) is 55.0 Å². The highest BCUT2D eigenvalue weighted by atomic mass is 32.2. The number of unbranched alkanes of at least 4 members (excludes halogenated alkanes) is 1. The number of para-hydroxylation sites is 1. The second-order valence-corrected chi connectivity index (χ2v) is 9.29. The van der Waals surface area contributed by atoms with Crippen molar-refractivity contribution in [2.24, 2.45) is 0 Å². The number of ether oxygens (including phenoxy) is 1. The number of benzene rings is 2. The maximum absolute atomic E-state index is 12.6. The van der Waals surface area contributed by atoms with Crippen molar-refractivity contribution in [2.75, 3.05) is 19.7 Å². The lowest BCUT2D eigenvalue weighted by molar-refractivity contribution is 0.0949. The van der Waals surface area contributed by atoms with Crippen molar-refractivity contribution in [2.45, 2.75) is 43.9 Å². The van der Waals surface area contributed by atoms with Crippen LogP contribution in [0.5, 0.6) is 5.75 Å². The lowest BCUT2D eigenvalue weighted by atomic mass is 10.0. The fraction of sp³-hybridized carbons (Fsp3) is 0.391. The molecule has 0 saturated heterocycles. The summed E-state index contributed by atoms with van der Waals surface area (Å²) in [7, 11) is -3.94. The van der Waals surface area contributed by atoms with Gasteiger partial charge in [0, 0.05) is 13.1 Å². The number of rotatable bonds is 9. The summed E-state index contributed by atoms with van der Waals surface area (Å²) in [4.78, 5) is 24.3. The van der Waals surface area contributed by atoms with Gasteiger partial charge in [0.05, 0.1) is 17.1 Å². The maximum atomic E-state index is 12.6. The summed E-state index contributed by atoms with van der Waals surface area (Å²) >= 11 is 0. The summed E-state index contributed by atoms with van der Waals surface area (Å²) in [6, 6.07) is 11.1. The molecule has 172 valence electrons. The van der Waals surface area contributed by atoms with Crippen LogP contribution < -0.4 is 20.1 Å². The highest BCUT2D eigenvalue weighted by molar-refractivity contribution is 7.90. The fourth-order valence-electron chi connectivity index (χ4n) is 3.41. The summed E-state index contributed by atoms with van der Waals surface area (Å²) in [6.45, 7) is 3.40. The summed E-state index contributed by atoms with van der Waals surface area (Å²) in [6.07, 6.45) is 4.06. The van der Waals surface area contributed by atoms with E-state index in [9.17, 15) is 18.0 Å². The Kier molecular flexibility index (Phi) is 8.10. The molecule has 0 radical (unpaired) electrons. The smallest absolute Gasteiger partial charge is 0.328 e. The number of urea groups is 1. The zero-order valence-electron chi connectivity index (χ0n) is 18.1. The van der Waals surface area contributed by atoms with Crippen LogP contribution in [0, 0.1) is 0 Å². The van der Waals surface area contributed by atoms with Gasteiger partial charge in [-0.3, -0.25) is 4.79 Å². The first-order valence-corrected chi connectivity index (χ1v) is 12.3. The van der Waals surface area contributed by atoms with Gasteiger partial charge in [-0.2, -0.15) is 0 Å². The normalized spacial score (nSPS) is 12.9. The van der Waals surface area contributed by atoms with Crippen LogP contribution in [0.4, 0.5) is 4.79 Å². The molecule has 2 aromatic carbocycles. The van der Waals surface area contributed by atoms with Crippen LogP contribution >= 0.6 is 0 Å². The Labute approximate surface area is 188 Å². The summed E-state index contributed by atoms with van der Waals surface area (Å²) in [5.41, 5.74) is 2.45. The molecule has 32 heavy (non-hydrogen) atoms. The van der Waals surface area contributed by atoms with Gasteiger partial charge in [0.25, 0.3) is 15.9 Å². The first kappa shape index (κ1) is 23.6. The topological polar surface area (TPSA) is 114 Å². The molecule has 0 aliphatic carbocycles. The lowest BCUT2D eigenvalue weighted by Gasteiger charge is -2.19. The third kappa shape index (κ3) is 6.23. The Hall–Kier alpha value is -3.07. The van der Waals surface area contributed by atoms with Gasteiger partial charge < -0.3 is 15.4 Å². The molecule has 8 nitrogen and oxygen atoms in total. The SMILES string of the molecule is CCCCNC(=O)NS(=O)(=O)c1ccc(CCNC(=O)c2cccc3c2OCCC3)cc1. The van der Waals surface area contributed by atoms with Gasteiger partial charge in [-0.25, -0.2) is 17.9 Å². The number of hydrogen-bond donors (Lipinski definition) is 3. The van der Waals surface area contributed by atoms with Crippen LogP contribution in [-0.4, -0.2) is 40.1 Å².